The number of aromatic nitrogens is 1. The summed E-state index contributed by atoms with van der Waals surface area (Å²) in [5.41, 5.74) is 4.21. The third-order valence-electron chi connectivity index (χ3n) is 5.09. The number of benzene rings is 3. The molecule has 4 aromatic rings. The minimum absolute atomic E-state index is 0.0229. The minimum atomic E-state index is -0.0229. The maximum atomic E-state index is 13.6. The molecular formula is C25H23NO2. The lowest BCUT2D eigenvalue weighted by atomic mass is 9.97. The Labute approximate surface area is 164 Å². The summed E-state index contributed by atoms with van der Waals surface area (Å²) in [6.07, 6.45) is 2.08. The Kier molecular flexibility index (Phi) is 4.98. The highest BCUT2D eigenvalue weighted by Crippen LogP contribution is 2.37. The van der Waals surface area contributed by atoms with Gasteiger partial charge >= 0.3 is 0 Å². The average Bonchev–Trinajstić information content (AvgIpc) is 3.06. The van der Waals surface area contributed by atoms with Crippen LogP contribution in [0.25, 0.3) is 22.2 Å². The molecule has 4 rings (SSSR count). The first-order valence-corrected chi connectivity index (χ1v) is 9.71. The fourth-order valence-corrected chi connectivity index (χ4v) is 3.75. The van der Waals surface area contributed by atoms with E-state index in [1.54, 1.807) is 12.1 Å². The zero-order valence-corrected chi connectivity index (χ0v) is 15.9. The van der Waals surface area contributed by atoms with Crippen molar-refractivity contribution in [3.63, 3.8) is 0 Å². The Morgan fingerprint density at radius 3 is 2.29 bits per heavy atom. The lowest BCUT2D eigenvalue weighted by molar-refractivity contribution is 0.104. The SMILES string of the molecule is CCCCn1c(-c2ccccc2)c(C(=O)c2ccccc2)c2cc(O)ccc21. The zero-order chi connectivity index (χ0) is 19.5. The molecule has 0 aliphatic carbocycles. The van der Waals surface area contributed by atoms with Crippen LogP contribution in [0.4, 0.5) is 0 Å². The molecule has 1 heterocycles. The number of aryl methyl sites for hydroxylation is 1. The summed E-state index contributed by atoms with van der Waals surface area (Å²) in [5.74, 6) is 0.146. The van der Waals surface area contributed by atoms with Crippen LogP contribution in [0.1, 0.15) is 35.7 Å². The standard InChI is InChI=1S/C25H23NO2/c1-2-3-16-26-22-15-14-20(27)17-21(22)23(24(26)18-10-6-4-7-11-18)25(28)19-12-8-5-9-13-19/h4-15,17,27H,2-3,16H2,1H3. The molecule has 0 spiro atoms. The summed E-state index contributed by atoms with van der Waals surface area (Å²) in [6.45, 7) is 2.99. The van der Waals surface area contributed by atoms with E-state index in [4.69, 9.17) is 0 Å². The topological polar surface area (TPSA) is 42.2 Å². The number of hydrogen-bond donors (Lipinski definition) is 1. The molecule has 3 nitrogen and oxygen atoms in total. The number of nitrogens with zero attached hydrogens (tertiary/aromatic N) is 1. The third-order valence-corrected chi connectivity index (χ3v) is 5.09. The highest BCUT2D eigenvalue weighted by atomic mass is 16.3. The van der Waals surface area contributed by atoms with Gasteiger partial charge < -0.3 is 9.67 Å². The van der Waals surface area contributed by atoms with Crippen LogP contribution in [0.15, 0.2) is 78.9 Å². The van der Waals surface area contributed by atoms with Gasteiger partial charge in [-0.2, -0.15) is 0 Å². The van der Waals surface area contributed by atoms with Gasteiger partial charge in [0.05, 0.1) is 11.3 Å². The molecule has 0 unspecified atom stereocenters. The van der Waals surface area contributed by atoms with Gasteiger partial charge in [-0.05, 0) is 30.2 Å². The molecule has 0 saturated heterocycles. The number of unbranched alkanes of at least 4 members (excludes halogenated alkanes) is 1. The molecule has 140 valence electrons. The van der Waals surface area contributed by atoms with Crippen molar-refractivity contribution in [3.8, 4) is 17.0 Å². The zero-order valence-electron chi connectivity index (χ0n) is 15.9. The van der Waals surface area contributed by atoms with Gasteiger partial charge in [0.15, 0.2) is 5.78 Å². The third kappa shape index (κ3) is 3.20. The summed E-state index contributed by atoms with van der Waals surface area (Å²) >= 11 is 0. The number of fused-ring (bicyclic) bond motifs is 1. The van der Waals surface area contributed by atoms with Gasteiger partial charge in [-0.1, -0.05) is 74.0 Å². The average molecular weight is 369 g/mol. The predicted molar refractivity (Wildman–Crippen MR) is 114 cm³/mol. The van der Waals surface area contributed by atoms with Gasteiger partial charge in [-0.15, -0.1) is 0 Å². The van der Waals surface area contributed by atoms with Gasteiger partial charge in [0.25, 0.3) is 0 Å². The van der Waals surface area contributed by atoms with E-state index < -0.39 is 0 Å². The number of carbonyl (C=O) groups excluding carboxylic acids is 1. The predicted octanol–water partition coefficient (Wildman–Crippen LogP) is 6.05. The summed E-state index contributed by atoms with van der Waals surface area (Å²) in [5, 5.41) is 10.9. The van der Waals surface area contributed by atoms with Crippen molar-refractivity contribution >= 4 is 16.7 Å². The Hall–Kier alpha value is -3.33. The lowest BCUT2D eigenvalue weighted by Gasteiger charge is -2.12. The van der Waals surface area contributed by atoms with Gasteiger partial charge in [0.2, 0.25) is 0 Å². The summed E-state index contributed by atoms with van der Waals surface area (Å²) in [6, 6.07) is 24.7. The maximum absolute atomic E-state index is 13.6. The lowest BCUT2D eigenvalue weighted by Crippen LogP contribution is -2.06. The number of aromatic hydroxyl groups is 1. The van der Waals surface area contributed by atoms with Crippen LogP contribution in [0.5, 0.6) is 5.75 Å². The summed E-state index contributed by atoms with van der Waals surface area (Å²) in [4.78, 5) is 13.6. The smallest absolute Gasteiger partial charge is 0.195 e. The molecule has 0 aliphatic rings. The molecule has 1 N–H and O–H groups in total. The number of phenolic OH excluding ortho intramolecular Hbond substituents is 1. The van der Waals surface area contributed by atoms with Crippen molar-refractivity contribution in [3.05, 3.63) is 90.0 Å². The van der Waals surface area contributed by atoms with Crippen LogP contribution in [0.3, 0.4) is 0 Å². The Balaban J connectivity index is 2.06. The first-order chi connectivity index (χ1) is 13.7. The van der Waals surface area contributed by atoms with Gasteiger partial charge in [-0.3, -0.25) is 4.79 Å². The Morgan fingerprint density at radius 1 is 0.929 bits per heavy atom. The second kappa shape index (κ2) is 7.73. The highest BCUT2D eigenvalue weighted by molar-refractivity contribution is 6.20. The molecule has 28 heavy (non-hydrogen) atoms. The van der Waals surface area contributed by atoms with Crippen LogP contribution >= 0.6 is 0 Å². The first-order valence-electron chi connectivity index (χ1n) is 9.71. The molecule has 0 radical (unpaired) electrons. The van der Waals surface area contributed by atoms with E-state index in [-0.39, 0.29) is 11.5 Å². The number of hydrogen-bond acceptors (Lipinski definition) is 2. The van der Waals surface area contributed by atoms with Crippen LogP contribution in [-0.4, -0.2) is 15.5 Å². The Bertz CT molecular complexity index is 1110. The van der Waals surface area contributed by atoms with Crippen molar-refractivity contribution in [1.29, 1.82) is 0 Å². The first kappa shape index (κ1) is 18.1. The van der Waals surface area contributed by atoms with E-state index in [9.17, 15) is 9.90 Å². The second-order valence-corrected chi connectivity index (χ2v) is 6.99. The maximum Gasteiger partial charge on any atom is 0.195 e. The summed E-state index contributed by atoms with van der Waals surface area (Å²) in [7, 11) is 0. The fraction of sp³-hybridized carbons (Fsp3) is 0.160. The molecular weight excluding hydrogens is 346 g/mol. The minimum Gasteiger partial charge on any atom is -0.508 e. The summed E-state index contributed by atoms with van der Waals surface area (Å²) < 4.78 is 2.23. The van der Waals surface area contributed by atoms with E-state index in [0.717, 1.165) is 41.5 Å². The van der Waals surface area contributed by atoms with E-state index in [1.165, 1.54) is 0 Å². The Morgan fingerprint density at radius 2 is 1.61 bits per heavy atom. The molecule has 0 bridgehead atoms. The number of carbonyl (C=O) groups is 1. The van der Waals surface area contributed by atoms with Crippen LogP contribution in [0, 0.1) is 0 Å². The largest absolute Gasteiger partial charge is 0.508 e. The second-order valence-electron chi connectivity index (χ2n) is 6.99. The van der Waals surface area contributed by atoms with Gasteiger partial charge in [0.1, 0.15) is 5.75 Å². The quantitative estimate of drug-likeness (QED) is 0.421. The van der Waals surface area contributed by atoms with E-state index in [2.05, 4.69) is 11.5 Å². The van der Waals surface area contributed by atoms with Crippen LogP contribution in [0.2, 0.25) is 0 Å². The molecule has 3 heteroatoms. The van der Waals surface area contributed by atoms with Crippen LogP contribution in [-0.2, 0) is 6.54 Å². The molecule has 0 atom stereocenters. The van der Waals surface area contributed by atoms with Crippen molar-refractivity contribution in [2.45, 2.75) is 26.3 Å². The van der Waals surface area contributed by atoms with Crippen LogP contribution < -0.4 is 0 Å². The van der Waals surface area contributed by atoms with Crippen molar-refractivity contribution in [2.24, 2.45) is 0 Å². The van der Waals surface area contributed by atoms with Crippen molar-refractivity contribution in [1.82, 2.24) is 4.57 Å². The fourth-order valence-electron chi connectivity index (χ4n) is 3.75. The molecule has 0 saturated carbocycles. The van der Waals surface area contributed by atoms with Crippen molar-refractivity contribution in [2.75, 3.05) is 0 Å². The highest BCUT2D eigenvalue weighted by Gasteiger charge is 2.24. The van der Waals surface area contributed by atoms with E-state index in [1.807, 2.05) is 66.7 Å². The number of rotatable bonds is 6. The van der Waals surface area contributed by atoms with E-state index in [0.29, 0.717) is 11.1 Å². The molecule has 0 aliphatic heterocycles. The van der Waals surface area contributed by atoms with E-state index >= 15 is 0 Å². The monoisotopic (exact) mass is 369 g/mol. The van der Waals surface area contributed by atoms with Gasteiger partial charge in [0, 0.05) is 23.0 Å². The molecule has 3 aromatic carbocycles. The number of ketones is 1. The molecule has 1 aromatic heterocycles. The molecule has 0 fully saturated rings. The van der Waals surface area contributed by atoms with Crippen molar-refractivity contribution < 1.29 is 9.90 Å². The molecule has 0 amide bonds. The van der Waals surface area contributed by atoms with Gasteiger partial charge in [-0.25, -0.2) is 0 Å². The normalized spacial score (nSPS) is 11.0. The number of phenols is 1.